The third kappa shape index (κ3) is 5.09. The van der Waals surface area contributed by atoms with Crippen molar-refractivity contribution in [1.82, 2.24) is 14.5 Å². The van der Waals surface area contributed by atoms with Crippen molar-refractivity contribution in [2.45, 2.75) is 6.17 Å². The minimum Gasteiger partial charge on any atom is -0.455 e. The highest BCUT2D eigenvalue weighted by Crippen LogP contribution is 2.43. The van der Waals surface area contributed by atoms with Gasteiger partial charge in [-0.05, 0) is 60.0 Å². The van der Waals surface area contributed by atoms with Gasteiger partial charge in [-0.25, -0.2) is 9.98 Å². The largest absolute Gasteiger partial charge is 0.455 e. The molecule has 3 aromatic heterocycles. The number of amidine groups is 2. The van der Waals surface area contributed by atoms with Gasteiger partial charge in [-0.3, -0.25) is 0 Å². The molecule has 0 bridgehead atoms. The van der Waals surface area contributed by atoms with Gasteiger partial charge < -0.3 is 18.9 Å². The fraction of sp³-hybridized carbons (Fsp3) is 0.0182. The molecule has 0 amide bonds. The highest BCUT2D eigenvalue weighted by molar-refractivity contribution is 6.24. The van der Waals surface area contributed by atoms with Crippen molar-refractivity contribution in [2.75, 3.05) is 0 Å². The summed E-state index contributed by atoms with van der Waals surface area (Å²) in [7, 11) is 0. The van der Waals surface area contributed by atoms with Crippen LogP contribution < -0.4 is 5.32 Å². The zero-order chi connectivity index (χ0) is 40.0. The Labute approximate surface area is 349 Å². The van der Waals surface area contributed by atoms with Crippen LogP contribution in [0.5, 0.6) is 0 Å². The first-order valence-electron chi connectivity index (χ1n) is 20.7. The average molecular weight is 782 g/mol. The van der Waals surface area contributed by atoms with Crippen molar-refractivity contribution < 1.29 is 4.42 Å². The summed E-state index contributed by atoms with van der Waals surface area (Å²) in [6, 6.07) is 70.9. The summed E-state index contributed by atoms with van der Waals surface area (Å²) in [4.78, 5) is 10.3. The Hall–Kier alpha value is -8.22. The van der Waals surface area contributed by atoms with Gasteiger partial charge in [0.2, 0.25) is 0 Å². The smallest absolute Gasteiger partial charge is 0.159 e. The van der Waals surface area contributed by atoms with E-state index in [9.17, 15) is 0 Å². The van der Waals surface area contributed by atoms with Crippen molar-refractivity contribution >= 4 is 88.0 Å². The predicted molar refractivity (Wildman–Crippen MR) is 252 cm³/mol. The topological polar surface area (TPSA) is 59.8 Å². The molecule has 286 valence electrons. The summed E-state index contributed by atoms with van der Waals surface area (Å²) in [6.45, 7) is 0. The fourth-order valence-electron chi connectivity index (χ4n) is 9.68. The quantitative estimate of drug-likeness (QED) is 0.189. The van der Waals surface area contributed by atoms with E-state index in [1.807, 2.05) is 42.5 Å². The number of para-hydroxylation sites is 3. The standard InChI is InChI=1S/C55H35N5O/c1-3-15-34(16-4-1)53-56-54(35-17-5-2-6-18-35)58-55(57-53)43-30-31-47(38-20-8-7-19-37(38)43)60-48-32-29-42-41-23-11-14-26-50(41)61-52(42)51(48)44-28-27-36(33-49(44)60)59-45-24-12-9-21-39(45)40-22-10-13-25-46(40)59/h1-33,55H,(H,56,57,58). The van der Waals surface area contributed by atoms with Gasteiger partial charge in [0.15, 0.2) is 5.84 Å². The lowest BCUT2D eigenvalue weighted by molar-refractivity contribution is 0.673. The van der Waals surface area contributed by atoms with Crippen LogP contribution in [0.3, 0.4) is 0 Å². The first-order chi connectivity index (χ1) is 30.3. The van der Waals surface area contributed by atoms with Crippen LogP contribution in [0.25, 0.3) is 87.7 Å². The van der Waals surface area contributed by atoms with Crippen LogP contribution in [0, 0.1) is 0 Å². The van der Waals surface area contributed by atoms with Crippen LogP contribution in [0.2, 0.25) is 0 Å². The van der Waals surface area contributed by atoms with Gasteiger partial charge in [0.05, 0.1) is 33.1 Å². The van der Waals surface area contributed by atoms with Gasteiger partial charge in [-0.15, -0.1) is 0 Å². The van der Waals surface area contributed by atoms with E-state index in [-0.39, 0.29) is 6.17 Å². The molecular formula is C55H35N5O. The molecule has 6 heteroatoms. The summed E-state index contributed by atoms with van der Waals surface area (Å²) in [5.41, 5.74) is 11.5. The molecule has 1 atom stereocenters. The van der Waals surface area contributed by atoms with E-state index in [2.05, 4.69) is 172 Å². The van der Waals surface area contributed by atoms with Crippen LogP contribution in [0.1, 0.15) is 22.9 Å². The van der Waals surface area contributed by atoms with Gasteiger partial charge in [0, 0.05) is 54.7 Å². The van der Waals surface area contributed by atoms with E-state index in [0.29, 0.717) is 5.84 Å². The Morgan fingerprint density at radius 2 is 1.07 bits per heavy atom. The number of furan rings is 1. The highest BCUT2D eigenvalue weighted by Gasteiger charge is 2.26. The summed E-state index contributed by atoms with van der Waals surface area (Å²) in [6.07, 6.45) is -0.378. The fourth-order valence-corrected chi connectivity index (χ4v) is 9.68. The summed E-state index contributed by atoms with van der Waals surface area (Å²) in [5, 5.41) is 12.9. The SMILES string of the molecule is c1ccc(C2=NC(c3ccc(-n4c5cc(-n6c7ccccc7c7ccccc76)ccc5c5c6oc7ccccc7c6ccc54)c4ccccc34)NC(c3ccccc3)=N2)cc1. The summed E-state index contributed by atoms with van der Waals surface area (Å²) >= 11 is 0. The summed E-state index contributed by atoms with van der Waals surface area (Å²) in [5.74, 6) is 1.49. The molecule has 61 heavy (non-hydrogen) atoms. The van der Waals surface area contributed by atoms with Crippen molar-refractivity contribution in [3.05, 3.63) is 217 Å². The van der Waals surface area contributed by atoms with Gasteiger partial charge in [0.1, 0.15) is 23.2 Å². The number of aliphatic imine (C=N–C) groups is 2. The molecule has 1 aliphatic rings. The van der Waals surface area contributed by atoms with E-state index in [4.69, 9.17) is 14.4 Å². The Morgan fingerprint density at radius 1 is 0.443 bits per heavy atom. The van der Waals surface area contributed by atoms with E-state index < -0.39 is 0 Å². The zero-order valence-electron chi connectivity index (χ0n) is 32.8. The Balaban J connectivity index is 1.07. The molecule has 1 N–H and O–H groups in total. The van der Waals surface area contributed by atoms with Crippen LogP contribution in [-0.4, -0.2) is 20.8 Å². The highest BCUT2D eigenvalue weighted by atomic mass is 16.3. The Morgan fingerprint density at radius 3 is 1.82 bits per heavy atom. The lowest BCUT2D eigenvalue weighted by atomic mass is 9.99. The maximum absolute atomic E-state index is 6.77. The molecule has 0 spiro atoms. The third-order valence-corrected chi connectivity index (χ3v) is 12.4. The van der Waals surface area contributed by atoms with E-state index in [0.717, 1.165) is 88.4 Å². The minimum absolute atomic E-state index is 0.378. The molecule has 13 rings (SSSR count). The number of nitrogens with zero attached hydrogens (tertiary/aromatic N) is 4. The molecule has 0 saturated carbocycles. The Bertz CT molecular complexity index is 3740. The number of aromatic nitrogens is 2. The lowest BCUT2D eigenvalue weighted by Gasteiger charge is -2.25. The molecule has 9 aromatic carbocycles. The second-order valence-electron chi connectivity index (χ2n) is 15.8. The normalized spacial score (nSPS) is 14.4. The van der Waals surface area contributed by atoms with Crippen LogP contribution >= 0.6 is 0 Å². The molecule has 12 aromatic rings. The number of benzene rings is 9. The van der Waals surface area contributed by atoms with Crippen LogP contribution in [-0.2, 0) is 0 Å². The molecule has 0 radical (unpaired) electrons. The number of hydrogen-bond acceptors (Lipinski definition) is 4. The molecule has 0 saturated heterocycles. The van der Waals surface area contributed by atoms with Crippen molar-refractivity contribution in [2.24, 2.45) is 9.98 Å². The van der Waals surface area contributed by atoms with Crippen molar-refractivity contribution in [1.29, 1.82) is 0 Å². The van der Waals surface area contributed by atoms with Crippen LogP contribution in [0.4, 0.5) is 0 Å². The van der Waals surface area contributed by atoms with E-state index >= 15 is 0 Å². The van der Waals surface area contributed by atoms with Gasteiger partial charge in [0.25, 0.3) is 0 Å². The first kappa shape index (κ1) is 33.7. The molecule has 0 aliphatic carbocycles. The van der Waals surface area contributed by atoms with Crippen LogP contribution in [0.15, 0.2) is 215 Å². The van der Waals surface area contributed by atoms with E-state index in [1.165, 1.54) is 21.8 Å². The number of hydrogen-bond donors (Lipinski definition) is 1. The zero-order valence-corrected chi connectivity index (χ0v) is 32.8. The number of nitrogens with one attached hydrogen (secondary N) is 1. The second kappa shape index (κ2) is 13.1. The molecule has 4 heterocycles. The number of fused-ring (bicyclic) bond motifs is 11. The average Bonchev–Trinajstić information content (AvgIpc) is 3.99. The molecule has 0 fully saturated rings. The van der Waals surface area contributed by atoms with Crippen molar-refractivity contribution in [3.63, 3.8) is 0 Å². The van der Waals surface area contributed by atoms with Gasteiger partial charge >= 0.3 is 0 Å². The molecule has 6 nitrogen and oxygen atoms in total. The maximum atomic E-state index is 6.77. The predicted octanol–water partition coefficient (Wildman–Crippen LogP) is 13.4. The van der Waals surface area contributed by atoms with Gasteiger partial charge in [-0.2, -0.15) is 0 Å². The summed E-state index contributed by atoms with van der Waals surface area (Å²) < 4.78 is 11.6. The first-order valence-corrected chi connectivity index (χ1v) is 20.7. The van der Waals surface area contributed by atoms with Gasteiger partial charge in [-0.1, -0.05) is 146 Å². The third-order valence-electron chi connectivity index (χ3n) is 12.4. The molecular weight excluding hydrogens is 747 g/mol. The minimum atomic E-state index is -0.378. The maximum Gasteiger partial charge on any atom is 0.159 e. The van der Waals surface area contributed by atoms with Crippen molar-refractivity contribution in [3.8, 4) is 11.4 Å². The molecule has 1 aliphatic heterocycles. The number of rotatable bonds is 5. The second-order valence-corrected chi connectivity index (χ2v) is 15.8. The molecule has 1 unspecified atom stereocenters. The lowest BCUT2D eigenvalue weighted by Crippen LogP contribution is -2.33. The Kier molecular flexibility index (Phi) is 7.27. The van der Waals surface area contributed by atoms with E-state index in [1.54, 1.807) is 0 Å². The monoisotopic (exact) mass is 781 g/mol.